The number of carbonyl (C=O) groups excluding carboxylic acids is 1. The van der Waals surface area contributed by atoms with Crippen LogP contribution in [-0.2, 0) is 0 Å². The average Bonchev–Trinajstić information content (AvgIpc) is 2.36. The zero-order chi connectivity index (χ0) is 14.4. The van der Waals surface area contributed by atoms with Crippen LogP contribution in [-0.4, -0.2) is 37.4 Å². The highest BCUT2D eigenvalue weighted by molar-refractivity contribution is 5.95. The highest BCUT2D eigenvalue weighted by Gasteiger charge is 2.13. The molecule has 0 aliphatic rings. The molecule has 1 aromatic rings. The summed E-state index contributed by atoms with van der Waals surface area (Å²) >= 11 is 0. The van der Waals surface area contributed by atoms with Crippen molar-refractivity contribution in [2.24, 2.45) is 0 Å². The molecule has 19 heavy (non-hydrogen) atoms. The first-order chi connectivity index (χ1) is 8.96. The summed E-state index contributed by atoms with van der Waals surface area (Å²) in [7, 11) is 3.07. The van der Waals surface area contributed by atoms with Gasteiger partial charge in [-0.05, 0) is 32.4 Å². The summed E-state index contributed by atoms with van der Waals surface area (Å²) in [5, 5.41) is 12.1. The van der Waals surface area contributed by atoms with Crippen LogP contribution >= 0.6 is 0 Å². The third-order valence-corrected chi connectivity index (χ3v) is 2.69. The Morgan fingerprint density at radius 3 is 2.16 bits per heavy atom. The minimum absolute atomic E-state index is 0.107. The zero-order valence-electron chi connectivity index (χ0n) is 11.8. The Morgan fingerprint density at radius 2 is 1.74 bits per heavy atom. The van der Waals surface area contributed by atoms with Crippen LogP contribution in [0, 0.1) is 0 Å². The van der Waals surface area contributed by atoms with Crippen molar-refractivity contribution in [3.63, 3.8) is 0 Å². The zero-order valence-corrected chi connectivity index (χ0v) is 11.8. The number of hydrogen-bond acceptors (Lipinski definition) is 4. The quantitative estimate of drug-likeness (QED) is 0.821. The van der Waals surface area contributed by atoms with Crippen LogP contribution in [0.4, 0.5) is 0 Å². The second-order valence-electron chi connectivity index (χ2n) is 4.56. The molecule has 0 bridgehead atoms. The number of aliphatic hydroxyl groups is 1. The van der Waals surface area contributed by atoms with Crippen molar-refractivity contribution < 1.29 is 19.4 Å². The number of benzene rings is 1. The van der Waals surface area contributed by atoms with Gasteiger partial charge < -0.3 is 19.9 Å². The third kappa shape index (κ3) is 4.79. The molecule has 0 fully saturated rings. The third-order valence-electron chi connectivity index (χ3n) is 2.69. The van der Waals surface area contributed by atoms with Crippen LogP contribution in [0.1, 0.15) is 30.6 Å². The molecule has 0 saturated carbocycles. The van der Waals surface area contributed by atoms with E-state index in [2.05, 4.69) is 5.32 Å². The molecule has 0 saturated heterocycles. The Bertz CT molecular complexity index is 409. The van der Waals surface area contributed by atoms with Crippen molar-refractivity contribution in [1.82, 2.24) is 5.32 Å². The van der Waals surface area contributed by atoms with Gasteiger partial charge >= 0.3 is 0 Å². The number of carbonyl (C=O) groups is 1. The highest BCUT2D eigenvalue weighted by atomic mass is 16.5. The molecule has 1 amide bonds. The van der Waals surface area contributed by atoms with Crippen LogP contribution in [0.25, 0.3) is 0 Å². The Kier molecular flexibility index (Phi) is 5.63. The monoisotopic (exact) mass is 267 g/mol. The van der Waals surface area contributed by atoms with Crippen LogP contribution in [0.5, 0.6) is 11.5 Å². The first kappa shape index (κ1) is 15.3. The summed E-state index contributed by atoms with van der Waals surface area (Å²) in [6, 6.07) is 4.89. The Balaban J connectivity index is 2.81. The summed E-state index contributed by atoms with van der Waals surface area (Å²) in [6.07, 6.45) is 0.0578. The van der Waals surface area contributed by atoms with Crippen molar-refractivity contribution in [2.75, 3.05) is 14.2 Å². The molecule has 1 aromatic carbocycles. The molecule has 0 aliphatic heterocycles. The van der Waals surface area contributed by atoms with Crippen molar-refractivity contribution in [2.45, 2.75) is 32.4 Å². The smallest absolute Gasteiger partial charge is 0.251 e. The van der Waals surface area contributed by atoms with Gasteiger partial charge in [-0.15, -0.1) is 0 Å². The van der Waals surface area contributed by atoms with Crippen molar-refractivity contribution in [3.05, 3.63) is 23.8 Å². The van der Waals surface area contributed by atoms with Gasteiger partial charge in [0.2, 0.25) is 0 Å². The summed E-state index contributed by atoms with van der Waals surface area (Å²) in [5.74, 6) is 0.908. The predicted molar refractivity (Wildman–Crippen MR) is 72.8 cm³/mol. The van der Waals surface area contributed by atoms with Crippen molar-refractivity contribution >= 4 is 5.91 Å². The van der Waals surface area contributed by atoms with E-state index in [0.29, 0.717) is 23.5 Å². The van der Waals surface area contributed by atoms with Crippen LogP contribution in [0.3, 0.4) is 0 Å². The van der Waals surface area contributed by atoms with E-state index in [1.54, 1.807) is 25.1 Å². The number of hydrogen-bond donors (Lipinski definition) is 2. The summed E-state index contributed by atoms with van der Waals surface area (Å²) < 4.78 is 10.2. The van der Waals surface area contributed by atoms with E-state index in [9.17, 15) is 9.90 Å². The SMILES string of the molecule is COc1cc(OC)cc(C(=O)NC(C)CC(C)O)c1. The van der Waals surface area contributed by atoms with E-state index in [1.807, 2.05) is 6.92 Å². The van der Waals surface area contributed by atoms with E-state index in [-0.39, 0.29) is 11.9 Å². The lowest BCUT2D eigenvalue weighted by atomic mass is 10.1. The molecular weight excluding hydrogens is 246 g/mol. The molecule has 2 atom stereocenters. The average molecular weight is 267 g/mol. The number of rotatable bonds is 6. The molecule has 0 aromatic heterocycles. The fraction of sp³-hybridized carbons (Fsp3) is 0.500. The van der Waals surface area contributed by atoms with Gasteiger partial charge in [-0.2, -0.15) is 0 Å². The summed E-state index contributed by atoms with van der Waals surface area (Å²) in [6.45, 7) is 3.54. The first-order valence-electron chi connectivity index (χ1n) is 6.18. The maximum Gasteiger partial charge on any atom is 0.251 e. The minimum Gasteiger partial charge on any atom is -0.497 e. The van der Waals surface area contributed by atoms with Crippen molar-refractivity contribution in [3.8, 4) is 11.5 Å². The van der Waals surface area contributed by atoms with Gasteiger partial charge in [0, 0.05) is 17.7 Å². The van der Waals surface area contributed by atoms with Gasteiger partial charge in [0.05, 0.1) is 20.3 Å². The lowest BCUT2D eigenvalue weighted by Gasteiger charge is -2.16. The molecule has 0 radical (unpaired) electrons. The van der Waals surface area contributed by atoms with E-state index < -0.39 is 6.10 Å². The summed E-state index contributed by atoms with van der Waals surface area (Å²) in [5.41, 5.74) is 0.466. The van der Waals surface area contributed by atoms with Gasteiger partial charge in [0.1, 0.15) is 11.5 Å². The molecule has 0 aliphatic carbocycles. The van der Waals surface area contributed by atoms with E-state index in [0.717, 1.165) is 0 Å². The predicted octanol–water partition coefficient (Wildman–Crippen LogP) is 1.59. The number of amides is 1. The second-order valence-corrected chi connectivity index (χ2v) is 4.56. The van der Waals surface area contributed by atoms with E-state index in [4.69, 9.17) is 9.47 Å². The molecule has 2 unspecified atom stereocenters. The van der Waals surface area contributed by atoms with E-state index >= 15 is 0 Å². The Morgan fingerprint density at radius 1 is 1.21 bits per heavy atom. The lowest BCUT2D eigenvalue weighted by Crippen LogP contribution is -2.34. The maximum absolute atomic E-state index is 12.1. The van der Waals surface area contributed by atoms with Gasteiger partial charge in [-0.25, -0.2) is 0 Å². The lowest BCUT2D eigenvalue weighted by molar-refractivity contribution is 0.0922. The Labute approximate surface area is 113 Å². The second kappa shape index (κ2) is 6.99. The van der Waals surface area contributed by atoms with Crippen LogP contribution in [0.2, 0.25) is 0 Å². The summed E-state index contributed by atoms with van der Waals surface area (Å²) in [4.78, 5) is 12.1. The molecule has 5 nitrogen and oxygen atoms in total. The van der Waals surface area contributed by atoms with E-state index in [1.165, 1.54) is 14.2 Å². The van der Waals surface area contributed by atoms with Gasteiger partial charge in [0.25, 0.3) is 5.91 Å². The van der Waals surface area contributed by atoms with Gasteiger partial charge in [-0.3, -0.25) is 4.79 Å². The number of nitrogens with one attached hydrogen (secondary N) is 1. The topological polar surface area (TPSA) is 67.8 Å². The Hall–Kier alpha value is -1.75. The standard InChI is InChI=1S/C14H21NO4/c1-9(5-10(2)16)15-14(17)11-6-12(18-3)8-13(7-11)19-4/h6-10,16H,5H2,1-4H3,(H,15,17). The van der Waals surface area contributed by atoms with Crippen LogP contribution in [0.15, 0.2) is 18.2 Å². The van der Waals surface area contributed by atoms with Gasteiger partial charge in [-0.1, -0.05) is 0 Å². The molecule has 1 rings (SSSR count). The molecule has 106 valence electrons. The first-order valence-corrected chi connectivity index (χ1v) is 6.18. The minimum atomic E-state index is -0.449. The number of aliphatic hydroxyl groups excluding tert-OH is 1. The van der Waals surface area contributed by atoms with Gasteiger partial charge in [0.15, 0.2) is 0 Å². The van der Waals surface area contributed by atoms with Crippen LogP contribution < -0.4 is 14.8 Å². The normalized spacial score (nSPS) is 13.5. The number of methoxy groups -OCH3 is 2. The highest BCUT2D eigenvalue weighted by Crippen LogP contribution is 2.22. The fourth-order valence-electron chi connectivity index (χ4n) is 1.82. The fourth-order valence-corrected chi connectivity index (χ4v) is 1.82. The van der Waals surface area contributed by atoms with Crippen molar-refractivity contribution in [1.29, 1.82) is 0 Å². The molecule has 0 spiro atoms. The molecule has 2 N–H and O–H groups in total. The maximum atomic E-state index is 12.1. The largest absolute Gasteiger partial charge is 0.497 e. The number of ether oxygens (including phenoxy) is 2. The molecule has 5 heteroatoms. The molecule has 0 heterocycles. The molecular formula is C14H21NO4.